The zero-order valence-corrected chi connectivity index (χ0v) is 14.4. The second kappa shape index (κ2) is 8.78. The minimum Gasteiger partial charge on any atom is -0.478 e. The van der Waals surface area contributed by atoms with Crippen molar-refractivity contribution in [2.75, 3.05) is 5.32 Å². The van der Waals surface area contributed by atoms with Crippen molar-refractivity contribution in [2.24, 2.45) is 0 Å². The van der Waals surface area contributed by atoms with E-state index in [1.807, 2.05) is 43.5 Å². The standard InChI is InChI=1S/C20H22N2O3/c1-14-9-10-16(12-19(14)22-15(2)23)18(7-3-4-8-20(24)25)17-6-5-11-21-13-17/h4-6,8-13,18H,3,7H2,1-2H3,(H,22,23)(H,24,25). The summed E-state index contributed by atoms with van der Waals surface area (Å²) in [6, 6.07) is 9.90. The van der Waals surface area contributed by atoms with Gasteiger partial charge in [0.05, 0.1) is 0 Å². The number of aliphatic carboxylic acids is 1. The molecular formula is C20H22N2O3. The minimum atomic E-state index is -0.943. The fourth-order valence-corrected chi connectivity index (χ4v) is 2.74. The third kappa shape index (κ3) is 5.57. The second-order valence-corrected chi connectivity index (χ2v) is 5.91. The van der Waals surface area contributed by atoms with Gasteiger partial charge in [-0.3, -0.25) is 9.78 Å². The van der Waals surface area contributed by atoms with Crippen LogP contribution in [0.1, 0.15) is 42.4 Å². The van der Waals surface area contributed by atoms with Gasteiger partial charge in [0.25, 0.3) is 0 Å². The van der Waals surface area contributed by atoms with Crippen molar-refractivity contribution in [3.63, 3.8) is 0 Å². The van der Waals surface area contributed by atoms with E-state index in [9.17, 15) is 9.59 Å². The Balaban J connectivity index is 2.31. The first kappa shape index (κ1) is 18.4. The Morgan fingerprint density at radius 1 is 1.28 bits per heavy atom. The Hall–Kier alpha value is -2.95. The number of pyridine rings is 1. The van der Waals surface area contributed by atoms with Crippen LogP contribution in [0.25, 0.3) is 0 Å². The summed E-state index contributed by atoms with van der Waals surface area (Å²) in [5.41, 5.74) is 3.91. The lowest BCUT2D eigenvalue weighted by Gasteiger charge is -2.19. The minimum absolute atomic E-state index is 0.0697. The van der Waals surface area contributed by atoms with Gasteiger partial charge in [0.2, 0.25) is 5.91 Å². The maximum Gasteiger partial charge on any atom is 0.327 e. The number of aryl methyl sites for hydroxylation is 1. The van der Waals surface area contributed by atoms with Gasteiger partial charge in [0.15, 0.2) is 0 Å². The lowest BCUT2D eigenvalue weighted by Crippen LogP contribution is -2.09. The Kier molecular flexibility index (Phi) is 6.46. The van der Waals surface area contributed by atoms with E-state index in [1.165, 1.54) is 6.92 Å². The maximum absolute atomic E-state index is 11.4. The molecule has 25 heavy (non-hydrogen) atoms. The number of carboxylic acid groups (broad SMARTS) is 1. The molecule has 5 heteroatoms. The molecule has 0 aliphatic carbocycles. The Bertz CT molecular complexity index is 770. The summed E-state index contributed by atoms with van der Waals surface area (Å²) in [6.45, 7) is 3.44. The number of aromatic nitrogens is 1. The molecule has 2 rings (SSSR count). The van der Waals surface area contributed by atoms with Crippen LogP contribution in [0.5, 0.6) is 0 Å². The average Bonchev–Trinajstić information content (AvgIpc) is 2.57. The summed E-state index contributed by atoms with van der Waals surface area (Å²) in [6.07, 6.45) is 7.76. The van der Waals surface area contributed by atoms with Gasteiger partial charge in [-0.05, 0) is 48.6 Å². The predicted octanol–water partition coefficient (Wildman–Crippen LogP) is 3.90. The largest absolute Gasteiger partial charge is 0.478 e. The van der Waals surface area contributed by atoms with Crippen LogP contribution >= 0.6 is 0 Å². The van der Waals surface area contributed by atoms with Crippen molar-refractivity contribution in [2.45, 2.75) is 32.6 Å². The molecule has 1 aromatic heterocycles. The summed E-state index contributed by atoms with van der Waals surface area (Å²) in [5, 5.41) is 11.6. The highest BCUT2D eigenvalue weighted by Gasteiger charge is 2.15. The van der Waals surface area contributed by atoms with Gasteiger partial charge in [0, 0.05) is 37.0 Å². The Labute approximate surface area is 147 Å². The Morgan fingerprint density at radius 3 is 2.72 bits per heavy atom. The van der Waals surface area contributed by atoms with Gasteiger partial charge in [-0.25, -0.2) is 4.79 Å². The highest BCUT2D eigenvalue weighted by molar-refractivity contribution is 5.89. The first-order valence-electron chi connectivity index (χ1n) is 8.15. The summed E-state index contributed by atoms with van der Waals surface area (Å²) in [5.74, 6) is -0.982. The fraction of sp³-hybridized carbons (Fsp3) is 0.250. The number of nitrogens with one attached hydrogen (secondary N) is 1. The van der Waals surface area contributed by atoms with Gasteiger partial charge in [-0.2, -0.15) is 0 Å². The zero-order chi connectivity index (χ0) is 18.2. The van der Waals surface area contributed by atoms with Crippen molar-refractivity contribution in [3.8, 4) is 0 Å². The number of amides is 1. The number of rotatable bonds is 7. The SMILES string of the molecule is CC(=O)Nc1cc(C(CCC=CC(=O)O)c2cccnc2)ccc1C. The van der Waals surface area contributed by atoms with Crippen LogP contribution in [0.4, 0.5) is 5.69 Å². The smallest absolute Gasteiger partial charge is 0.327 e. The maximum atomic E-state index is 11.4. The van der Waals surface area contributed by atoms with E-state index in [2.05, 4.69) is 10.3 Å². The van der Waals surface area contributed by atoms with Crippen molar-refractivity contribution in [1.29, 1.82) is 0 Å². The van der Waals surface area contributed by atoms with E-state index >= 15 is 0 Å². The van der Waals surface area contributed by atoms with E-state index in [0.29, 0.717) is 6.42 Å². The van der Waals surface area contributed by atoms with Gasteiger partial charge in [-0.15, -0.1) is 0 Å². The number of allylic oxidation sites excluding steroid dienone is 1. The van der Waals surface area contributed by atoms with Gasteiger partial charge in [-0.1, -0.05) is 24.3 Å². The van der Waals surface area contributed by atoms with Gasteiger partial charge < -0.3 is 10.4 Å². The highest BCUT2D eigenvalue weighted by Crippen LogP contribution is 2.31. The molecule has 0 fully saturated rings. The molecule has 0 radical (unpaired) electrons. The summed E-state index contributed by atoms with van der Waals surface area (Å²) in [7, 11) is 0. The van der Waals surface area contributed by atoms with E-state index in [0.717, 1.165) is 34.9 Å². The zero-order valence-electron chi connectivity index (χ0n) is 14.4. The third-order valence-electron chi connectivity index (χ3n) is 3.94. The molecule has 1 heterocycles. The van der Waals surface area contributed by atoms with Crippen LogP contribution in [0.2, 0.25) is 0 Å². The first-order valence-corrected chi connectivity index (χ1v) is 8.15. The first-order chi connectivity index (χ1) is 12.0. The number of hydrogen-bond donors (Lipinski definition) is 2. The molecule has 1 unspecified atom stereocenters. The monoisotopic (exact) mass is 338 g/mol. The van der Waals surface area contributed by atoms with Crippen LogP contribution in [0.15, 0.2) is 54.9 Å². The molecule has 5 nitrogen and oxygen atoms in total. The molecule has 2 N–H and O–H groups in total. The molecule has 1 atom stereocenters. The van der Waals surface area contributed by atoms with Gasteiger partial charge in [0.1, 0.15) is 0 Å². The van der Waals surface area contributed by atoms with Crippen molar-refractivity contribution < 1.29 is 14.7 Å². The van der Waals surface area contributed by atoms with E-state index in [-0.39, 0.29) is 11.8 Å². The molecule has 0 aliphatic heterocycles. The molecule has 2 aromatic rings. The molecule has 130 valence electrons. The lowest BCUT2D eigenvalue weighted by atomic mass is 9.87. The normalized spacial score (nSPS) is 12.1. The molecule has 0 bridgehead atoms. The lowest BCUT2D eigenvalue weighted by molar-refractivity contribution is -0.131. The summed E-state index contributed by atoms with van der Waals surface area (Å²) < 4.78 is 0. The molecule has 1 amide bonds. The molecule has 0 aliphatic rings. The number of carbonyl (C=O) groups excluding carboxylic acids is 1. The molecule has 0 saturated carbocycles. The highest BCUT2D eigenvalue weighted by atomic mass is 16.4. The quantitative estimate of drug-likeness (QED) is 0.750. The number of carbonyl (C=O) groups is 2. The van der Waals surface area contributed by atoms with Crippen molar-refractivity contribution >= 4 is 17.6 Å². The molecule has 0 saturated heterocycles. The van der Waals surface area contributed by atoms with Gasteiger partial charge >= 0.3 is 5.97 Å². The molecule has 0 spiro atoms. The van der Waals surface area contributed by atoms with E-state index < -0.39 is 5.97 Å². The van der Waals surface area contributed by atoms with Crippen LogP contribution in [0.3, 0.4) is 0 Å². The van der Waals surface area contributed by atoms with E-state index in [4.69, 9.17) is 5.11 Å². The summed E-state index contributed by atoms with van der Waals surface area (Å²) >= 11 is 0. The van der Waals surface area contributed by atoms with Crippen LogP contribution < -0.4 is 5.32 Å². The number of carboxylic acids is 1. The second-order valence-electron chi connectivity index (χ2n) is 5.91. The average molecular weight is 338 g/mol. The topological polar surface area (TPSA) is 79.3 Å². The van der Waals surface area contributed by atoms with Crippen LogP contribution in [-0.4, -0.2) is 22.0 Å². The number of benzene rings is 1. The van der Waals surface area contributed by atoms with Crippen LogP contribution in [-0.2, 0) is 9.59 Å². The van der Waals surface area contributed by atoms with Crippen molar-refractivity contribution in [3.05, 3.63) is 71.6 Å². The Morgan fingerprint density at radius 2 is 2.08 bits per heavy atom. The van der Waals surface area contributed by atoms with Crippen LogP contribution in [0, 0.1) is 6.92 Å². The number of hydrogen-bond acceptors (Lipinski definition) is 3. The summed E-state index contributed by atoms with van der Waals surface area (Å²) in [4.78, 5) is 26.2. The molecular weight excluding hydrogens is 316 g/mol. The third-order valence-corrected chi connectivity index (χ3v) is 3.94. The number of nitrogens with zero attached hydrogens (tertiary/aromatic N) is 1. The molecule has 1 aromatic carbocycles. The fourth-order valence-electron chi connectivity index (χ4n) is 2.74. The number of anilines is 1. The van der Waals surface area contributed by atoms with Crippen molar-refractivity contribution in [1.82, 2.24) is 4.98 Å². The van der Waals surface area contributed by atoms with E-state index in [1.54, 1.807) is 12.3 Å². The predicted molar refractivity (Wildman–Crippen MR) is 97.6 cm³/mol.